The minimum absolute atomic E-state index is 0.581. The van der Waals surface area contributed by atoms with Gasteiger partial charge < -0.3 is 5.32 Å². The number of carbonyl (C=O) groups excluding carboxylic acids is 2. The van der Waals surface area contributed by atoms with Crippen LogP contribution in [0, 0.1) is 0 Å². The Kier molecular flexibility index (Phi) is 3.30. The zero-order chi connectivity index (χ0) is 14.7. The molecule has 0 saturated carbocycles. The van der Waals surface area contributed by atoms with E-state index < -0.39 is 11.8 Å². The Labute approximate surface area is 119 Å². The van der Waals surface area contributed by atoms with Gasteiger partial charge in [0.2, 0.25) is 0 Å². The smallest absolute Gasteiger partial charge is 0.317 e. The van der Waals surface area contributed by atoms with Gasteiger partial charge in [0.1, 0.15) is 12.7 Å². The molecule has 3 rings (SSSR count). The molecule has 7 heteroatoms. The fourth-order valence-electron chi connectivity index (χ4n) is 1.94. The second kappa shape index (κ2) is 5.41. The monoisotopic (exact) mass is 281 g/mol. The molecule has 3 aromatic rings. The summed E-state index contributed by atoms with van der Waals surface area (Å²) in [5.41, 5.74) is 2.91. The zero-order valence-corrected chi connectivity index (χ0v) is 10.9. The van der Waals surface area contributed by atoms with Gasteiger partial charge >= 0.3 is 11.8 Å². The van der Waals surface area contributed by atoms with Gasteiger partial charge in [0, 0.05) is 11.1 Å². The van der Waals surface area contributed by atoms with E-state index in [1.165, 1.54) is 17.3 Å². The summed E-state index contributed by atoms with van der Waals surface area (Å²) in [4.78, 5) is 23.7. The van der Waals surface area contributed by atoms with E-state index in [4.69, 9.17) is 0 Å². The number of carbonyl (C=O) groups is 2. The van der Waals surface area contributed by atoms with Gasteiger partial charge in [0.25, 0.3) is 0 Å². The number of amides is 2. The van der Waals surface area contributed by atoms with Crippen LogP contribution in [0.25, 0.3) is 10.8 Å². The minimum atomic E-state index is -0.803. The molecule has 0 fully saturated rings. The summed E-state index contributed by atoms with van der Waals surface area (Å²) >= 11 is 0. The molecule has 0 aliphatic rings. The molecule has 0 radical (unpaired) electrons. The molecule has 7 nitrogen and oxygen atoms in total. The first-order valence-electron chi connectivity index (χ1n) is 6.19. The third kappa shape index (κ3) is 2.71. The lowest BCUT2D eigenvalue weighted by atomic mass is 10.1. The molecule has 1 heterocycles. The summed E-state index contributed by atoms with van der Waals surface area (Å²) in [6.45, 7) is 0. The number of hydrogen-bond acceptors (Lipinski definition) is 4. The number of rotatable bonds is 2. The molecule has 0 aliphatic carbocycles. The van der Waals surface area contributed by atoms with Crippen LogP contribution in [-0.2, 0) is 9.59 Å². The molecular weight excluding hydrogens is 270 g/mol. The molecule has 0 aliphatic heterocycles. The van der Waals surface area contributed by atoms with Crippen molar-refractivity contribution in [1.29, 1.82) is 0 Å². The number of hydrogen-bond donors (Lipinski definition) is 2. The van der Waals surface area contributed by atoms with Crippen molar-refractivity contribution in [3.8, 4) is 0 Å². The van der Waals surface area contributed by atoms with Gasteiger partial charge in [-0.15, -0.1) is 10.2 Å². The molecule has 0 bridgehead atoms. The van der Waals surface area contributed by atoms with E-state index in [9.17, 15) is 9.59 Å². The fraction of sp³-hybridized carbons (Fsp3) is 0. The van der Waals surface area contributed by atoms with Gasteiger partial charge in [-0.25, -0.2) is 4.68 Å². The van der Waals surface area contributed by atoms with Gasteiger partial charge in [-0.2, -0.15) is 0 Å². The Balaban J connectivity index is 1.78. The highest BCUT2D eigenvalue weighted by Crippen LogP contribution is 2.22. The summed E-state index contributed by atoms with van der Waals surface area (Å²) in [7, 11) is 0. The Morgan fingerprint density at radius 3 is 2.43 bits per heavy atom. The molecule has 0 unspecified atom stereocenters. The third-order valence-corrected chi connectivity index (χ3v) is 2.89. The lowest BCUT2D eigenvalue weighted by Gasteiger charge is -2.08. The average Bonchev–Trinajstić information content (AvgIpc) is 3.00. The molecule has 1 aromatic heterocycles. The summed E-state index contributed by atoms with van der Waals surface area (Å²) in [5.74, 6) is -1.57. The number of benzene rings is 2. The van der Waals surface area contributed by atoms with Gasteiger partial charge in [-0.05, 0) is 11.5 Å². The first kappa shape index (κ1) is 12.8. The van der Waals surface area contributed by atoms with E-state index in [0.29, 0.717) is 5.69 Å². The maximum atomic E-state index is 11.9. The molecule has 2 amide bonds. The van der Waals surface area contributed by atoms with E-state index in [1.54, 1.807) is 6.07 Å². The minimum Gasteiger partial charge on any atom is -0.317 e. The molecule has 2 aromatic carbocycles. The quantitative estimate of drug-likeness (QED) is 0.689. The van der Waals surface area contributed by atoms with Gasteiger partial charge in [0.05, 0.1) is 0 Å². The molecule has 104 valence electrons. The standard InChI is InChI=1S/C14H11N5O2/c20-13(14(21)18-19-8-15-16-9-19)17-12-7-3-5-10-4-1-2-6-11(10)12/h1-9H,(H,17,20)(H,18,21). The predicted molar refractivity (Wildman–Crippen MR) is 77.0 cm³/mol. The Hall–Kier alpha value is -3.22. The van der Waals surface area contributed by atoms with Crippen LogP contribution in [0.5, 0.6) is 0 Å². The largest absolute Gasteiger partial charge is 0.328 e. The Morgan fingerprint density at radius 2 is 1.62 bits per heavy atom. The SMILES string of the molecule is O=C(Nc1cccc2ccccc12)C(=O)Nn1cnnc1. The van der Waals surface area contributed by atoms with Crippen molar-refractivity contribution < 1.29 is 9.59 Å². The lowest BCUT2D eigenvalue weighted by molar-refractivity contribution is -0.133. The zero-order valence-electron chi connectivity index (χ0n) is 10.9. The first-order valence-corrected chi connectivity index (χ1v) is 6.19. The number of anilines is 1. The lowest BCUT2D eigenvalue weighted by Crippen LogP contribution is -2.33. The molecular formula is C14H11N5O2. The first-order chi connectivity index (χ1) is 10.2. The molecule has 0 atom stereocenters. The highest BCUT2D eigenvalue weighted by molar-refractivity contribution is 6.42. The topological polar surface area (TPSA) is 88.9 Å². The van der Waals surface area contributed by atoms with Crippen LogP contribution in [-0.4, -0.2) is 26.7 Å². The molecule has 0 saturated heterocycles. The second-order valence-corrected chi connectivity index (χ2v) is 4.29. The molecule has 0 spiro atoms. The Bertz CT molecular complexity index is 793. The fourth-order valence-corrected chi connectivity index (χ4v) is 1.94. The van der Waals surface area contributed by atoms with E-state index in [1.807, 2.05) is 36.4 Å². The van der Waals surface area contributed by atoms with Gasteiger partial charge in [0.15, 0.2) is 0 Å². The van der Waals surface area contributed by atoms with Crippen LogP contribution in [0.3, 0.4) is 0 Å². The third-order valence-electron chi connectivity index (χ3n) is 2.89. The van der Waals surface area contributed by atoms with Crippen LogP contribution in [0.2, 0.25) is 0 Å². The van der Waals surface area contributed by atoms with E-state index in [2.05, 4.69) is 20.9 Å². The highest BCUT2D eigenvalue weighted by Gasteiger charge is 2.15. The summed E-state index contributed by atoms with van der Waals surface area (Å²) in [6.07, 6.45) is 2.56. The van der Waals surface area contributed by atoms with Crippen LogP contribution in [0.4, 0.5) is 5.69 Å². The normalized spacial score (nSPS) is 10.3. The second-order valence-electron chi connectivity index (χ2n) is 4.29. The van der Waals surface area contributed by atoms with Crippen LogP contribution in [0.1, 0.15) is 0 Å². The van der Waals surface area contributed by atoms with Crippen LogP contribution < -0.4 is 10.7 Å². The van der Waals surface area contributed by atoms with Crippen molar-refractivity contribution >= 4 is 28.3 Å². The van der Waals surface area contributed by atoms with Crippen molar-refractivity contribution in [2.45, 2.75) is 0 Å². The predicted octanol–water partition coefficient (Wildman–Crippen LogP) is 1.14. The van der Waals surface area contributed by atoms with Gasteiger partial charge in [-0.1, -0.05) is 36.4 Å². The molecule has 21 heavy (non-hydrogen) atoms. The van der Waals surface area contributed by atoms with Crippen molar-refractivity contribution in [3.05, 3.63) is 55.1 Å². The number of fused-ring (bicyclic) bond motifs is 1. The highest BCUT2D eigenvalue weighted by atomic mass is 16.2. The maximum absolute atomic E-state index is 11.9. The van der Waals surface area contributed by atoms with Gasteiger partial charge in [-0.3, -0.25) is 15.0 Å². The number of aromatic nitrogens is 3. The maximum Gasteiger partial charge on any atom is 0.328 e. The van der Waals surface area contributed by atoms with Crippen molar-refractivity contribution in [2.75, 3.05) is 10.7 Å². The number of nitrogens with zero attached hydrogens (tertiary/aromatic N) is 3. The van der Waals surface area contributed by atoms with Crippen LogP contribution >= 0.6 is 0 Å². The van der Waals surface area contributed by atoms with Crippen molar-refractivity contribution in [1.82, 2.24) is 14.9 Å². The molecule has 2 N–H and O–H groups in total. The van der Waals surface area contributed by atoms with Crippen molar-refractivity contribution in [2.24, 2.45) is 0 Å². The van der Waals surface area contributed by atoms with E-state index in [-0.39, 0.29) is 0 Å². The Morgan fingerprint density at radius 1 is 0.905 bits per heavy atom. The van der Waals surface area contributed by atoms with E-state index in [0.717, 1.165) is 10.8 Å². The van der Waals surface area contributed by atoms with E-state index >= 15 is 0 Å². The summed E-state index contributed by atoms with van der Waals surface area (Å²) < 4.78 is 1.20. The summed E-state index contributed by atoms with van der Waals surface area (Å²) in [5, 5.41) is 11.5. The van der Waals surface area contributed by atoms with Crippen molar-refractivity contribution in [3.63, 3.8) is 0 Å². The average molecular weight is 281 g/mol. The summed E-state index contributed by atoms with van der Waals surface area (Å²) in [6, 6.07) is 13.1. The number of nitrogens with one attached hydrogen (secondary N) is 2. The van der Waals surface area contributed by atoms with Crippen LogP contribution in [0.15, 0.2) is 55.1 Å².